The van der Waals surface area contributed by atoms with Crippen LogP contribution in [0.5, 0.6) is 0 Å². The fourth-order valence-corrected chi connectivity index (χ4v) is 2.77. The van der Waals surface area contributed by atoms with E-state index in [1.807, 2.05) is 60.5 Å². The summed E-state index contributed by atoms with van der Waals surface area (Å²) in [4.78, 5) is 12.1. The number of urea groups is 1. The molecule has 3 aromatic rings. The predicted molar refractivity (Wildman–Crippen MR) is 95.8 cm³/mol. The molecule has 0 fully saturated rings. The van der Waals surface area contributed by atoms with Crippen LogP contribution in [0.1, 0.15) is 5.56 Å². The van der Waals surface area contributed by atoms with Crippen molar-refractivity contribution in [2.24, 2.45) is 19.2 Å². The molecule has 2 N–H and O–H groups in total. The second-order valence-electron chi connectivity index (χ2n) is 5.57. The monoisotopic (exact) mass is 343 g/mol. The van der Waals surface area contributed by atoms with E-state index in [1.165, 1.54) is 0 Å². The zero-order valence-electron chi connectivity index (χ0n) is 13.7. The van der Waals surface area contributed by atoms with Crippen molar-refractivity contribution in [3.63, 3.8) is 0 Å². The molecule has 7 heteroatoms. The number of anilines is 1. The number of hydrogen-bond donors (Lipinski definition) is 2. The van der Waals surface area contributed by atoms with E-state index in [0.29, 0.717) is 16.3 Å². The Morgan fingerprint density at radius 1 is 1.08 bits per heavy atom. The Labute approximate surface area is 144 Å². The minimum Gasteiger partial charge on any atom is -0.312 e. The molecule has 0 aliphatic rings. The van der Waals surface area contributed by atoms with Crippen LogP contribution in [0, 0.1) is 6.92 Å². The highest BCUT2D eigenvalue weighted by Gasteiger charge is 2.07. The van der Waals surface area contributed by atoms with E-state index < -0.39 is 6.03 Å². The molecular weight excluding hydrogens is 326 g/mol. The number of carbonyl (C=O) groups excluding carboxylic acids is 1. The average molecular weight is 344 g/mol. The first-order chi connectivity index (χ1) is 11.5. The molecule has 2 aromatic carbocycles. The number of imidazole rings is 1. The molecule has 1 heterocycles. The third-order valence-electron chi connectivity index (χ3n) is 3.83. The number of rotatable bonds is 2. The van der Waals surface area contributed by atoms with Crippen molar-refractivity contribution >= 4 is 34.4 Å². The van der Waals surface area contributed by atoms with Crippen LogP contribution in [0.4, 0.5) is 10.5 Å². The van der Waals surface area contributed by atoms with Crippen LogP contribution < -0.4 is 16.4 Å². The Balaban J connectivity index is 1.86. The number of para-hydroxylation sites is 2. The van der Waals surface area contributed by atoms with E-state index >= 15 is 0 Å². The van der Waals surface area contributed by atoms with E-state index in [1.54, 1.807) is 12.1 Å². The van der Waals surface area contributed by atoms with E-state index in [2.05, 4.69) is 15.8 Å². The van der Waals surface area contributed by atoms with Gasteiger partial charge in [-0.1, -0.05) is 29.8 Å². The van der Waals surface area contributed by atoms with Gasteiger partial charge in [0.1, 0.15) is 0 Å². The van der Waals surface area contributed by atoms with Gasteiger partial charge in [-0.15, -0.1) is 5.10 Å². The van der Waals surface area contributed by atoms with Crippen molar-refractivity contribution in [1.82, 2.24) is 14.6 Å². The van der Waals surface area contributed by atoms with Gasteiger partial charge in [-0.25, -0.2) is 10.2 Å². The van der Waals surface area contributed by atoms with E-state index in [4.69, 9.17) is 11.6 Å². The first kappa shape index (κ1) is 16.1. The second-order valence-corrected chi connectivity index (χ2v) is 5.97. The first-order valence-corrected chi connectivity index (χ1v) is 7.82. The maximum absolute atomic E-state index is 12.1. The molecule has 0 saturated heterocycles. The van der Waals surface area contributed by atoms with Crippen molar-refractivity contribution in [2.75, 3.05) is 5.32 Å². The van der Waals surface area contributed by atoms with Gasteiger partial charge in [0, 0.05) is 14.1 Å². The summed E-state index contributed by atoms with van der Waals surface area (Å²) in [6, 6.07) is 12.9. The van der Waals surface area contributed by atoms with Gasteiger partial charge >= 0.3 is 6.03 Å². The highest BCUT2D eigenvalue weighted by atomic mass is 35.5. The minimum atomic E-state index is -0.451. The van der Waals surface area contributed by atoms with Crippen LogP contribution in [0.15, 0.2) is 47.6 Å². The van der Waals surface area contributed by atoms with Crippen molar-refractivity contribution in [2.45, 2.75) is 6.92 Å². The summed E-state index contributed by atoms with van der Waals surface area (Å²) < 4.78 is 3.82. The van der Waals surface area contributed by atoms with Crippen LogP contribution in [-0.2, 0) is 14.1 Å². The quantitative estimate of drug-likeness (QED) is 0.690. The lowest BCUT2D eigenvalue weighted by molar-refractivity contribution is 0.252. The van der Waals surface area contributed by atoms with Gasteiger partial charge in [0.2, 0.25) is 5.62 Å². The van der Waals surface area contributed by atoms with Crippen LogP contribution in [0.25, 0.3) is 11.0 Å². The maximum Gasteiger partial charge on any atom is 0.339 e. The van der Waals surface area contributed by atoms with Crippen molar-refractivity contribution in [3.05, 3.63) is 58.7 Å². The van der Waals surface area contributed by atoms with Crippen LogP contribution in [-0.4, -0.2) is 15.2 Å². The lowest BCUT2D eigenvalue weighted by atomic mass is 10.2. The smallest absolute Gasteiger partial charge is 0.312 e. The summed E-state index contributed by atoms with van der Waals surface area (Å²) in [6.07, 6.45) is 0. The predicted octanol–water partition coefficient (Wildman–Crippen LogP) is 3.12. The summed E-state index contributed by atoms with van der Waals surface area (Å²) in [7, 11) is 3.80. The number of nitrogens with one attached hydrogen (secondary N) is 2. The van der Waals surface area contributed by atoms with Gasteiger partial charge in [-0.2, -0.15) is 0 Å². The summed E-state index contributed by atoms with van der Waals surface area (Å²) in [5.41, 5.74) is 6.75. The Morgan fingerprint density at radius 2 is 1.71 bits per heavy atom. The molecule has 0 bridgehead atoms. The van der Waals surface area contributed by atoms with E-state index in [0.717, 1.165) is 16.6 Å². The molecule has 3 rings (SSSR count). The van der Waals surface area contributed by atoms with Gasteiger partial charge < -0.3 is 14.5 Å². The Hall–Kier alpha value is -2.73. The standard InChI is InChI=1S/C17H18ClN5O/c1-11-8-9-12(18)13(10-11)19-16(24)20-21-17-22(2)14-6-4-5-7-15(14)23(17)3/h4-10H,1-3H3,(H2,19,20,24). The highest BCUT2D eigenvalue weighted by molar-refractivity contribution is 6.33. The number of nitrogens with zero attached hydrogens (tertiary/aromatic N) is 3. The fourth-order valence-electron chi connectivity index (χ4n) is 2.61. The fraction of sp³-hybridized carbons (Fsp3) is 0.176. The maximum atomic E-state index is 12.1. The van der Waals surface area contributed by atoms with Crippen molar-refractivity contribution in [3.8, 4) is 0 Å². The van der Waals surface area contributed by atoms with Gasteiger partial charge in [0.15, 0.2) is 0 Å². The summed E-state index contributed by atoms with van der Waals surface area (Å²) in [5.74, 6) is 0. The molecule has 24 heavy (non-hydrogen) atoms. The summed E-state index contributed by atoms with van der Waals surface area (Å²) in [5, 5.41) is 7.39. The number of carbonyl (C=O) groups is 1. The van der Waals surface area contributed by atoms with Crippen LogP contribution >= 0.6 is 11.6 Å². The zero-order valence-corrected chi connectivity index (χ0v) is 14.4. The number of hydrogen-bond acceptors (Lipinski definition) is 2. The average Bonchev–Trinajstić information content (AvgIpc) is 2.81. The number of aryl methyl sites for hydroxylation is 3. The lowest BCUT2D eigenvalue weighted by Crippen LogP contribution is -2.31. The SMILES string of the molecule is Cc1ccc(Cl)c(NC(=O)NN=c2n(C)c3ccccc3n2C)c1. The largest absolute Gasteiger partial charge is 0.339 e. The lowest BCUT2D eigenvalue weighted by Gasteiger charge is -2.07. The molecule has 0 aliphatic heterocycles. The Bertz CT molecular complexity index is 944. The third kappa shape index (κ3) is 3.00. The summed E-state index contributed by atoms with van der Waals surface area (Å²) in [6.45, 7) is 1.93. The normalized spacial score (nSPS) is 10.7. The van der Waals surface area contributed by atoms with Crippen LogP contribution in [0.3, 0.4) is 0 Å². The number of fused-ring (bicyclic) bond motifs is 1. The van der Waals surface area contributed by atoms with Crippen molar-refractivity contribution < 1.29 is 4.79 Å². The van der Waals surface area contributed by atoms with Gasteiger partial charge in [-0.3, -0.25) is 0 Å². The molecule has 6 nitrogen and oxygen atoms in total. The van der Waals surface area contributed by atoms with Gasteiger partial charge in [0.25, 0.3) is 0 Å². The molecule has 124 valence electrons. The number of benzene rings is 2. The molecule has 2 amide bonds. The molecule has 0 saturated carbocycles. The van der Waals surface area contributed by atoms with E-state index in [-0.39, 0.29) is 0 Å². The Kier molecular flexibility index (Phi) is 4.31. The molecule has 0 aliphatic carbocycles. The molecule has 0 radical (unpaired) electrons. The zero-order chi connectivity index (χ0) is 17.3. The number of halogens is 1. The summed E-state index contributed by atoms with van der Waals surface area (Å²) >= 11 is 6.08. The topological polar surface area (TPSA) is 63.4 Å². The Morgan fingerprint density at radius 3 is 2.33 bits per heavy atom. The number of amides is 2. The van der Waals surface area contributed by atoms with E-state index in [9.17, 15) is 4.79 Å². The second kappa shape index (κ2) is 6.41. The highest BCUT2D eigenvalue weighted by Crippen LogP contribution is 2.22. The molecular formula is C17H18ClN5O. The van der Waals surface area contributed by atoms with Gasteiger partial charge in [0.05, 0.1) is 21.7 Å². The first-order valence-electron chi connectivity index (χ1n) is 7.44. The number of aromatic nitrogens is 2. The molecule has 0 atom stereocenters. The molecule has 0 unspecified atom stereocenters. The molecule has 1 aromatic heterocycles. The molecule has 0 spiro atoms. The minimum absolute atomic E-state index is 0.451. The van der Waals surface area contributed by atoms with Gasteiger partial charge in [-0.05, 0) is 36.8 Å². The third-order valence-corrected chi connectivity index (χ3v) is 4.16. The van der Waals surface area contributed by atoms with Crippen LogP contribution in [0.2, 0.25) is 5.02 Å². The van der Waals surface area contributed by atoms with Crippen molar-refractivity contribution in [1.29, 1.82) is 0 Å².